The first kappa shape index (κ1) is 15.6. The number of ether oxygens (including phenoxy) is 1. The van der Waals surface area contributed by atoms with Crippen molar-refractivity contribution in [1.29, 1.82) is 5.26 Å². The van der Waals surface area contributed by atoms with Crippen LogP contribution in [0.3, 0.4) is 0 Å². The fraction of sp³-hybridized carbons (Fsp3) is 0.400. The minimum Gasteiger partial charge on any atom is -0.477 e. The van der Waals surface area contributed by atoms with Crippen LogP contribution in [-0.2, 0) is 6.42 Å². The highest BCUT2D eigenvalue weighted by Gasteiger charge is 2.12. The molecule has 2 heterocycles. The zero-order valence-corrected chi connectivity index (χ0v) is 12.9. The van der Waals surface area contributed by atoms with Crippen LogP contribution in [0.15, 0.2) is 10.6 Å². The second-order valence-corrected chi connectivity index (χ2v) is 4.80. The number of hydrogen-bond acceptors (Lipinski definition) is 7. The van der Waals surface area contributed by atoms with Gasteiger partial charge in [-0.05, 0) is 27.2 Å². The summed E-state index contributed by atoms with van der Waals surface area (Å²) in [5.41, 5.74) is 8.45. The van der Waals surface area contributed by atoms with Crippen LogP contribution < -0.4 is 15.8 Å². The standard InChI is InChI=1S/C15H19N5O2/c1-4-21-15-12(8-16)13(17)7-14(19-15)18-6-5-11-9(2)20-22-10(11)3/h7H,4-6H2,1-3H3,(H3,17,18,19). The van der Waals surface area contributed by atoms with E-state index in [1.165, 1.54) is 0 Å². The van der Waals surface area contributed by atoms with Gasteiger partial charge in [0.05, 0.1) is 18.0 Å². The van der Waals surface area contributed by atoms with E-state index in [1.807, 2.05) is 26.8 Å². The van der Waals surface area contributed by atoms with Gasteiger partial charge in [0, 0.05) is 18.2 Å². The number of hydrogen-bond donors (Lipinski definition) is 2. The van der Waals surface area contributed by atoms with Crippen molar-refractivity contribution in [1.82, 2.24) is 10.1 Å². The highest BCUT2D eigenvalue weighted by molar-refractivity contribution is 5.64. The fourth-order valence-electron chi connectivity index (χ4n) is 2.16. The van der Waals surface area contributed by atoms with Gasteiger partial charge in [0.25, 0.3) is 0 Å². The van der Waals surface area contributed by atoms with Crippen LogP contribution >= 0.6 is 0 Å². The summed E-state index contributed by atoms with van der Waals surface area (Å²) >= 11 is 0. The van der Waals surface area contributed by atoms with E-state index < -0.39 is 0 Å². The third kappa shape index (κ3) is 3.28. The van der Waals surface area contributed by atoms with Crippen molar-refractivity contribution in [3.05, 3.63) is 28.6 Å². The van der Waals surface area contributed by atoms with E-state index in [2.05, 4.69) is 15.5 Å². The van der Waals surface area contributed by atoms with Gasteiger partial charge in [-0.1, -0.05) is 5.16 Å². The molecule has 7 heteroatoms. The maximum atomic E-state index is 9.09. The second-order valence-electron chi connectivity index (χ2n) is 4.80. The number of pyridine rings is 1. The van der Waals surface area contributed by atoms with Crippen LogP contribution in [-0.4, -0.2) is 23.3 Å². The van der Waals surface area contributed by atoms with E-state index in [4.69, 9.17) is 20.3 Å². The number of rotatable bonds is 6. The summed E-state index contributed by atoms with van der Waals surface area (Å²) in [5.74, 6) is 1.65. The normalized spacial score (nSPS) is 10.3. The van der Waals surface area contributed by atoms with E-state index in [0.717, 1.165) is 23.4 Å². The van der Waals surface area contributed by atoms with Gasteiger partial charge in [-0.2, -0.15) is 10.2 Å². The molecule has 22 heavy (non-hydrogen) atoms. The van der Waals surface area contributed by atoms with Crippen LogP contribution in [0, 0.1) is 25.2 Å². The molecule has 2 aromatic heterocycles. The largest absolute Gasteiger partial charge is 0.477 e. The monoisotopic (exact) mass is 301 g/mol. The molecule has 0 aliphatic heterocycles. The Balaban J connectivity index is 2.09. The van der Waals surface area contributed by atoms with Gasteiger partial charge < -0.3 is 20.3 Å². The van der Waals surface area contributed by atoms with Gasteiger partial charge in [-0.15, -0.1) is 0 Å². The number of anilines is 2. The van der Waals surface area contributed by atoms with Gasteiger partial charge in [0.2, 0.25) is 5.88 Å². The molecular formula is C15H19N5O2. The molecule has 0 unspecified atom stereocenters. The number of nitrogens with two attached hydrogens (primary N) is 1. The Morgan fingerprint density at radius 1 is 1.45 bits per heavy atom. The summed E-state index contributed by atoms with van der Waals surface area (Å²) in [5, 5.41) is 16.2. The Hall–Kier alpha value is -2.75. The summed E-state index contributed by atoms with van der Waals surface area (Å²) < 4.78 is 10.5. The Kier molecular flexibility index (Phi) is 4.84. The zero-order chi connectivity index (χ0) is 16.1. The molecule has 7 nitrogen and oxygen atoms in total. The van der Waals surface area contributed by atoms with Crippen LogP contribution in [0.25, 0.3) is 0 Å². The van der Waals surface area contributed by atoms with Crippen LogP contribution in [0.2, 0.25) is 0 Å². The predicted octanol–water partition coefficient (Wildman–Crippen LogP) is 2.19. The summed E-state index contributed by atoms with van der Waals surface area (Å²) in [6.07, 6.45) is 0.757. The van der Waals surface area contributed by atoms with Crippen LogP contribution in [0.5, 0.6) is 5.88 Å². The van der Waals surface area contributed by atoms with Crippen LogP contribution in [0.1, 0.15) is 29.5 Å². The molecule has 0 fully saturated rings. The number of nitrogens with zero attached hydrogens (tertiary/aromatic N) is 3. The lowest BCUT2D eigenvalue weighted by Gasteiger charge is -2.11. The number of nitrogens with one attached hydrogen (secondary N) is 1. The number of aryl methyl sites for hydroxylation is 2. The molecule has 3 N–H and O–H groups in total. The molecule has 2 rings (SSSR count). The highest BCUT2D eigenvalue weighted by atomic mass is 16.5. The molecule has 0 radical (unpaired) electrons. The Bertz CT molecular complexity index is 683. The average molecular weight is 301 g/mol. The molecular weight excluding hydrogens is 282 g/mol. The first-order chi connectivity index (χ1) is 10.6. The first-order valence-corrected chi connectivity index (χ1v) is 7.05. The lowest BCUT2D eigenvalue weighted by molar-refractivity contribution is 0.326. The third-order valence-corrected chi connectivity index (χ3v) is 3.27. The van der Waals surface area contributed by atoms with Crippen molar-refractivity contribution >= 4 is 11.5 Å². The molecule has 0 aliphatic carbocycles. The summed E-state index contributed by atoms with van der Waals surface area (Å²) in [6.45, 7) is 6.70. The molecule has 0 amide bonds. The minimum absolute atomic E-state index is 0.254. The molecule has 2 aromatic rings. The lowest BCUT2D eigenvalue weighted by atomic mass is 10.1. The van der Waals surface area contributed by atoms with Gasteiger partial charge >= 0.3 is 0 Å². The first-order valence-electron chi connectivity index (χ1n) is 7.05. The van der Waals surface area contributed by atoms with E-state index in [0.29, 0.717) is 24.7 Å². The van der Waals surface area contributed by atoms with Crippen molar-refractivity contribution in [2.75, 3.05) is 24.2 Å². The SMILES string of the molecule is CCOc1nc(NCCc2c(C)noc2C)cc(N)c1C#N. The van der Waals surface area contributed by atoms with Gasteiger partial charge in [0.1, 0.15) is 23.2 Å². The third-order valence-electron chi connectivity index (χ3n) is 3.27. The quantitative estimate of drug-likeness (QED) is 0.841. The van der Waals surface area contributed by atoms with Crippen molar-refractivity contribution in [2.45, 2.75) is 27.2 Å². The number of aromatic nitrogens is 2. The Labute approximate surface area is 129 Å². The maximum Gasteiger partial charge on any atom is 0.235 e. The van der Waals surface area contributed by atoms with Crippen LogP contribution in [0.4, 0.5) is 11.5 Å². The topological polar surface area (TPSA) is 110 Å². The van der Waals surface area contributed by atoms with Crippen molar-refractivity contribution in [3.63, 3.8) is 0 Å². The highest BCUT2D eigenvalue weighted by Crippen LogP contribution is 2.25. The van der Waals surface area contributed by atoms with Crippen molar-refractivity contribution in [3.8, 4) is 11.9 Å². The molecule has 0 atom stereocenters. The molecule has 0 aliphatic rings. The van der Waals surface area contributed by atoms with E-state index >= 15 is 0 Å². The minimum atomic E-state index is 0.254. The Morgan fingerprint density at radius 2 is 2.23 bits per heavy atom. The van der Waals surface area contributed by atoms with Crippen molar-refractivity contribution in [2.24, 2.45) is 0 Å². The lowest BCUT2D eigenvalue weighted by Crippen LogP contribution is -2.10. The molecule has 0 aromatic carbocycles. The van der Waals surface area contributed by atoms with Gasteiger partial charge in [-0.25, -0.2) is 0 Å². The zero-order valence-electron chi connectivity index (χ0n) is 12.9. The molecule has 0 saturated carbocycles. The van der Waals surface area contributed by atoms with E-state index in [-0.39, 0.29) is 11.4 Å². The Morgan fingerprint density at radius 3 is 2.82 bits per heavy atom. The molecule has 0 bridgehead atoms. The van der Waals surface area contributed by atoms with Gasteiger partial charge in [0.15, 0.2) is 0 Å². The fourth-order valence-corrected chi connectivity index (χ4v) is 2.16. The molecule has 116 valence electrons. The smallest absolute Gasteiger partial charge is 0.235 e. The number of nitriles is 1. The average Bonchev–Trinajstić information content (AvgIpc) is 2.79. The summed E-state index contributed by atoms with van der Waals surface area (Å²) in [4.78, 5) is 4.28. The number of nitrogen functional groups attached to an aromatic ring is 1. The van der Waals surface area contributed by atoms with Crippen molar-refractivity contribution < 1.29 is 9.26 Å². The summed E-state index contributed by atoms with van der Waals surface area (Å²) in [6, 6.07) is 3.64. The van der Waals surface area contributed by atoms with E-state index in [9.17, 15) is 0 Å². The van der Waals surface area contributed by atoms with Gasteiger partial charge in [-0.3, -0.25) is 0 Å². The summed E-state index contributed by atoms with van der Waals surface area (Å²) in [7, 11) is 0. The maximum absolute atomic E-state index is 9.09. The molecule has 0 spiro atoms. The predicted molar refractivity (Wildman–Crippen MR) is 82.7 cm³/mol. The second kappa shape index (κ2) is 6.80. The molecule has 0 saturated heterocycles. The van der Waals surface area contributed by atoms with E-state index in [1.54, 1.807) is 6.07 Å².